The van der Waals surface area contributed by atoms with E-state index in [0.717, 1.165) is 6.42 Å². The highest BCUT2D eigenvalue weighted by Gasteiger charge is 1.94. The molecular weight excluding hydrogens is 168 g/mol. The van der Waals surface area contributed by atoms with E-state index in [1.807, 2.05) is 0 Å². The predicted octanol–water partition coefficient (Wildman–Crippen LogP) is 4.81. The van der Waals surface area contributed by atoms with Crippen LogP contribution in [0.1, 0.15) is 41.0 Å². The van der Waals surface area contributed by atoms with Crippen molar-refractivity contribution in [1.82, 2.24) is 0 Å². The van der Waals surface area contributed by atoms with E-state index in [4.69, 9.17) is 0 Å². The normalized spacial score (nSPS) is 12.6. The van der Waals surface area contributed by atoms with Crippen LogP contribution < -0.4 is 0 Å². The molecule has 0 aromatic carbocycles. The van der Waals surface area contributed by atoms with Crippen LogP contribution in [0.3, 0.4) is 0 Å². The molecule has 0 nitrogen and oxygen atoms in total. The maximum absolute atomic E-state index is 3.89. The van der Waals surface area contributed by atoms with Gasteiger partial charge in [0.1, 0.15) is 0 Å². The van der Waals surface area contributed by atoms with Crippen molar-refractivity contribution in [3.05, 3.63) is 47.1 Å². The number of allylic oxidation sites excluding steroid dienone is 7. The molecule has 0 rings (SSSR count). The lowest BCUT2D eigenvalue weighted by Crippen LogP contribution is -1.83. The molecule has 0 aromatic rings. The second kappa shape index (κ2) is 6.42. The summed E-state index contributed by atoms with van der Waals surface area (Å²) in [4.78, 5) is 0. The molecule has 0 fully saturated rings. The molecule has 0 saturated carbocycles. The summed E-state index contributed by atoms with van der Waals surface area (Å²) in [6, 6.07) is 0. The zero-order valence-electron chi connectivity index (χ0n) is 10.1. The van der Waals surface area contributed by atoms with Gasteiger partial charge in [0.25, 0.3) is 0 Å². The predicted molar refractivity (Wildman–Crippen MR) is 66.4 cm³/mol. The molecule has 0 radical (unpaired) electrons. The summed E-state index contributed by atoms with van der Waals surface area (Å²) in [5.41, 5.74) is 5.18. The molecule has 0 N–H and O–H groups in total. The third-order valence-electron chi connectivity index (χ3n) is 1.97. The highest BCUT2D eigenvalue weighted by molar-refractivity contribution is 5.39. The zero-order chi connectivity index (χ0) is 11.1. The van der Waals surface area contributed by atoms with Gasteiger partial charge in [0.05, 0.1) is 0 Å². The average molecular weight is 190 g/mol. The minimum absolute atomic E-state index is 0.972. The van der Waals surface area contributed by atoms with Gasteiger partial charge in [-0.25, -0.2) is 0 Å². The molecule has 0 amide bonds. The summed E-state index contributed by atoms with van der Waals surface area (Å²) in [6.45, 7) is 14.4. The van der Waals surface area contributed by atoms with Gasteiger partial charge in [-0.05, 0) is 52.2 Å². The van der Waals surface area contributed by atoms with E-state index in [9.17, 15) is 0 Å². The topological polar surface area (TPSA) is 0 Å². The Morgan fingerprint density at radius 1 is 1.14 bits per heavy atom. The average Bonchev–Trinajstić information content (AvgIpc) is 2.09. The lowest BCUT2D eigenvalue weighted by Gasteiger charge is -2.03. The minimum Gasteiger partial charge on any atom is -0.0998 e. The fourth-order valence-corrected chi connectivity index (χ4v) is 1.18. The molecule has 0 heterocycles. The Morgan fingerprint density at radius 3 is 2.07 bits per heavy atom. The van der Waals surface area contributed by atoms with Gasteiger partial charge in [0, 0.05) is 0 Å². The monoisotopic (exact) mass is 190 g/mol. The first-order valence-corrected chi connectivity index (χ1v) is 5.10. The molecule has 0 aliphatic carbocycles. The lowest BCUT2D eigenvalue weighted by molar-refractivity contribution is 1.19. The Bertz CT molecular complexity index is 281. The molecule has 0 aliphatic rings. The Kier molecular flexibility index (Phi) is 5.94. The molecule has 14 heavy (non-hydrogen) atoms. The van der Waals surface area contributed by atoms with Crippen molar-refractivity contribution in [2.24, 2.45) is 0 Å². The maximum Gasteiger partial charge on any atom is -0.0138 e. The van der Waals surface area contributed by atoms with E-state index < -0.39 is 0 Å². The van der Waals surface area contributed by atoms with Gasteiger partial charge in [0.15, 0.2) is 0 Å². The molecule has 0 saturated heterocycles. The third kappa shape index (κ3) is 5.58. The zero-order valence-corrected chi connectivity index (χ0v) is 10.1. The summed E-state index contributed by atoms with van der Waals surface area (Å²) in [5.74, 6) is 0. The van der Waals surface area contributed by atoms with Crippen molar-refractivity contribution in [3.63, 3.8) is 0 Å². The van der Waals surface area contributed by atoms with Crippen LogP contribution in [0, 0.1) is 0 Å². The first-order chi connectivity index (χ1) is 6.47. The summed E-state index contributed by atoms with van der Waals surface area (Å²) >= 11 is 0. The Labute approximate surface area is 88.7 Å². The van der Waals surface area contributed by atoms with E-state index in [2.05, 4.69) is 59.4 Å². The Hall–Kier alpha value is -1.04. The van der Waals surface area contributed by atoms with Gasteiger partial charge < -0.3 is 0 Å². The van der Waals surface area contributed by atoms with Crippen LogP contribution >= 0.6 is 0 Å². The van der Waals surface area contributed by atoms with Crippen LogP contribution in [0.25, 0.3) is 0 Å². The lowest BCUT2D eigenvalue weighted by atomic mass is 10.0. The van der Waals surface area contributed by atoms with Crippen LogP contribution in [0.5, 0.6) is 0 Å². The smallest absolute Gasteiger partial charge is 0.0138 e. The van der Waals surface area contributed by atoms with Crippen LogP contribution in [-0.2, 0) is 0 Å². The molecule has 0 atom stereocenters. The van der Waals surface area contributed by atoms with Crippen LogP contribution in [0.4, 0.5) is 0 Å². The largest absolute Gasteiger partial charge is 0.0998 e. The fourth-order valence-electron chi connectivity index (χ4n) is 1.18. The first kappa shape index (κ1) is 13.0. The quantitative estimate of drug-likeness (QED) is 0.441. The highest BCUT2D eigenvalue weighted by atomic mass is 14.0. The minimum atomic E-state index is 0.972. The standard InChI is InChI=1S/C14H22/c1-7-14(10-12(4)5)13(6)9-8-11(2)3/h7,9-10H,2,8H2,1,3-6H3/b13-9+,14-7+. The number of hydrogen-bond donors (Lipinski definition) is 0. The summed E-state index contributed by atoms with van der Waals surface area (Å²) in [5, 5.41) is 0. The van der Waals surface area contributed by atoms with Crippen molar-refractivity contribution in [2.45, 2.75) is 41.0 Å². The van der Waals surface area contributed by atoms with Gasteiger partial charge >= 0.3 is 0 Å². The second-order valence-corrected chi connectivity index (χ2v) is 4.01. The van der Waals surface area contributed by atoms with Gasteiger partial charge in [-0.1, -0.05) is 36.0 Å². The van der Waals surface area contributed by atoms with E-state index >= 15 is 0 Å². The van der Waals surface area contributed by atoms with E-state index in [1.54, 1.807) is 0 Å². The fraction of sp³-hybridized carbons (Fsp3) is 0.429. The first-order valence-electron chi connectivity index (χ1n) is 5.10. The summed E-state index contributed by atoms with van der Waals surface area (Å²) < 4.78 is 0. The van der Waals surface area contributed by atoms with Crippen molar-refractivity contribution in [1.29, 1.82) is 0 Å². The van der Waals surface area contributed by atoms with Crippen molar-refractivity contribution >= 4 is 0 Å². The van der Waals surface area contributed by atoms with Gasteiger partial charge in [-0.3, -0.25) is 0 Å². The number of hydrogen-bond acceptors (Lipinski definition) is 0. The molecule has 0 unspecified atom stereocenters. The Morgan fingerprint density at radius 2 is 1.71 bits per heavy atom. The number of rotatable bonds is 4. The molecule has 0 heteroatoms. The molecule has 0 aromatic heterocycles. The van der Waals surface area contributed by atoms with Gasteiger partial charge in [-0.2, -0.15) is 0 Å². The molecule has 0 bridgehead atoms. The maximum atomic E-state index is 3.89. The van der Waals surface area contributed by atoms with Crippen LogP contribution in [0.2, 0.25) is 0 Å². The van der Waals surface area contributed by atoms with E-state index in [1.165, 1.54) is 22.3 Å². The second-order valence-electron chi connectivity index (χ2n) is 4.01. The van der Waals surface area contributed by atoms with Gasteiger partial charge in [0.2, 0.25) is 0 Å². The Balaban J connectivity index is 4.64. The van der Waals surface area contributed by atoms with Crippen LogP contribution in [-0.4, -0.2) is 0 Å². The summed E-state index contributed by atoms with van der Waals surface area (Å²) in [7, 11) is 0. The third-order valence-corrected chi connectivity index (χ3v) is 1.97. The summed E-state index contributed by atoms with van der Waals surface area (Å²) in [6.07, 6.45) is 7.57. The van der Waals surface area contributed by atoms with Gasteiger partial charge in [-0.15, -0.1) is 0 Å². The highest BCUT2D eigenvalue weighted by Crippen LogP contribution is 2.14. The van der Waals surface area contributed by atoms with Crippen molar-refractivity contribution < 1.29 is 0 Å². The molecule has 0 aliphatic heterocycles. The molecule has 78 valence electrons. The van der Waals surface area contributed by atoms with Crippen molar-refractivity contribution in [3.8, 4) is 0 Å². The van der Waals surface area contributed by atoms with Crippen molar-refractivity contribution in [2.75, 3.05) is 0 Å². The van der Waals surface area contributed by atoms with Crippen LogP contribution in [0.15, 0.2) is 47.1 Å². The molecule has 0 spiro atoms. The van der Waals surface area contributed by atoms with E-state index in [-0.39, 0.29) is 0 Å². The van der Waals surface area contributed by atoms with E-state index in [0.29, 0.717) is 0 Å². The SMILES string of the molecule is C=C(C)C/C=C(C)/C(C=C(C)C)=C/C. The molecular formula is C14H22.